The number of hydrogen-bond acceptors (Lipinski definition) is 6. The fraction of sp³-hybridized carbons (Fsp3) is 0.250. The Hall–Kier alpha value is -3.74. The highest BCUT2D eigenvalue weighted by molar-refractivity contribution is 6.09. The summed E-state index contributed by atoms with van der Waals surface area (Å²) in [7, 11) is 1.64. The Bertz CT molecular complexity index is 1290. The van der Waals surface area contributed by atoms with Gasteiger partial charge in [0.15, 0.2) is 0 Å². The monoisotopic (exact) mass is 414 g/mol. The third-order valence-corrected chi connectivity index (χ3v) is 6.04. The highest BCUT2D eigenvalue weighted by atomic mass is 16.5. The van der Waals surface area contributed by atoms with E-state index in [0.29, 0.717) is 5.75 Å². The van der Waals surface area contributed by atoms with Gasteiger partial charge in [-0.25, -0.2) is 0 Å². The molecule has 0 fully saturated rings. The molecule has 0 bridgehead atoms. The predicted octanol–water partition coefficient (Wildman–Crippen LogP) is 4.75. The van der Waals surface area contributed by atoms with Gasteiger partial charge in [0.1, 0.15) is 11.5 Å². The van der Waals surface area contributed by atoms with Crippen LogP contribution in [0.5, 0.6) is 5.75 Å². The van der Waals surface area contributed by atoms with Gasteiger partial charge in [-0.3, -0.25) is 14.8 Å². The first-order valence-corrected chi connectivity index (χ1v) is 10.1. The number of hydrogen-bond donors (Lipinski definition) is 1. The Balaban J connectivity index is 1.72. The molecule has 1 amide bonds. The van der Waals surface area contributed by atoms with Crippen molar-refractivity contribution in [2.75, 3.05) is 12.4 Å². The van der Waals surface area contributed by atoms with Crippen molar-refractivity contribution in [2.24, 2.45) is 0 Å². The zero-order chi connectivity index (χ0) is 21.7. The minimum Gasteiger partial charge on any atom is -0.496 e. The molecule has 0 saturated carbocycles. The smallest absolute Gasteiger partial charge is 0.232 e. The van der Waals surface area contributed by atoms with Crippen LogP contribution in [0, 0.1) is 13.8 Å². The predicted molar refractivity (Wildman–Crippen MR) is 117 cm³/mol. The summed E-state index contributed by atoms with van der Waals surface area (Å²) in [6.07, 6.45) is 3.48. The van der Waals surface area contributed by atoms with Gasteiger partial charge in [0, 0.05) is 28.8 Å². The number of nitrogens with one attached hydrogen (secondary N) is 1. The van der Waals surface area contributed by atoms with Crippen molar-refractivity contribution in [3.05, 3.63) is 65.4 Å². The van der Waals surface area contributed by atoms with Crippen LogP contribution >= 0.6 is 0 Å². The van der Waals surface area contributed by atoms with E-state index in [1.165, 1.54) is 0 Å². The molecule has 0 radical (unpaired) electrons. The first-order chi connectivity index (χ1) is 15.0. The summed E-state index contributed by atoms with van der Waals surface area (Å²) in [6, 6.07) is 9.71. The van der Waals surface area contributed by atoms with Crippen molar-refractivity contribution >= 4 is 22.5 Å². The van der Waals surface area contributed by atoms with E-state index in [-0.39, 0.29) is 17.7 Å². The SMILES string of the molecule is COc1cc2c3c(cnc2cc1-c1c(C)noc1C)NC(=O)C3[C@H](C)c1ccccn1. The molecule has 1 aliphatic rings. The number of pyridine rings is 2. The molecule has 0 aliphatic carbocycles. The molecule has 31 heavy (non-hydrogen) atoms. The summed E-state index contributed by atoms with van der Waals surface area (Å²) in [5.74, 6) is 0.887. The zero-order valence-electron chi connectivity index (χ0n) is 17.8. The number of ether oxygens (including phenoxy) is 1. The number of rotatable bonds is 4. The molecule has 156 valence electrons. The van der Waals surface area contributed by atoms with Crippen LogP contribution in [0.15, 0.2) is 47.2 Å². The Morgan fingerprint density at radius 1 is 1.19 bits per heavy atom. The number of carbonyl (C=O) groups is 1. The van der Waals surface area contributed by atoms with Crippen molar-refractivity contribution in [1.82, 2.24) is 15.1 Å². The van der Waals surface area contributed by atoms with Crippen molar-refractivity contribution in [1.29, 1.82) is 0 Å². The fourth-order valence-corrected chi connectivity index (χ4v) is 4.54. The fourth-order valence-electron chi connectivity index (χ4n) is 4.54. The van der Waals surface area contributed by atoms with E-state index in [0.717, 1.165) is 50.4 Å². The number of aromatic nitrogens is 3. The van der Waals surface area contributed by atoms with Crippen LogP contribution in [0.1, 0.15) is 41.5 Å². The maximum atomic E-state index is 13.0. The maximum Gasteiger partial charge on any atom is 0.232 e. The molecular weight excluding hydrogens is 392 g/mol. The molecule has 4 heterocycles. The summed E-state index contributed by atoms with van der Waals surface area (Å²) in [5, 5.41) is 7.95. The molecule has 7 heteroatoms. The summed E-state index contributed by atoms with van der Waals surface area (Å²) < 4.78 is 11.1. The van der Waals surface area contributed by atoms with E-state index in [1.807, 2.05) is 51.1 Å². The lowest BCUT2D eigenvalue weighted by atomic mass is 9.84. The standard InChI is InChI=1S/C24H22N4O3/c1-12(17-7-5-6-8-25-17)21-23-15-10-20(30-4)16(22-13(2)28-31-14(22)3)9-18(15)26-11-19(23)27-24(21)29/h5-12,21H,1-4H3,(H,27,29)/t12-,21?/m1/s1. The normalized spacial score (nSPS) is 16.3. The van der Waals surface area contributed by atoms with Crippen LogP contribution < -0.4 is 10.1 Å². The first-order valence-electron chi connectivity index (χ1n) is 10.1. The van der Waals surface area contributed by atoms with Gasteiger partial charge in [-0.15, -0.1) is 0 Å². The molecule has 3 aromatic heterocycles. The number of anilines is 1. The average Bonchev–Trinajstić information content (AvgIpc) is 3.30. The number of methoxy groups -OCH3 is 1. The second-order valence-electron chi connectivity index (χ2n) is 7.86. The highest BCUT2D eigenvalue weighted by Crippen LogP contribution is 2.46. The molecule has 1 aromatic carbocycles. The van der Waals surface area contributed by atoms with Crippen molar-refractivity contribution in [2.45, 2.75) is 32.6 Å². The number of nitrogens with zero attached hydrogens (tertiary/aromatic N) is 3. The van der Waals surface area contributed by atoms with Crippen molar-refractivity contribution in [3.8, 4) is 16.9 Å². The van der Waals surface area contributed by atoms with E-state index in [2.05, 4.69) is 20.4 Å². The van der Waals surface area contributed by atoms with Crippen molar-refractivity contribution in [3.63, 3.8) is 0 Å². The van der Waals surface area contributed by atoms with Crippen molar-refractivity contribution < 1.29 is 14.1 Å². The van der Waals surface area contributed by atoms with Crippen LogP contribution in [0.3, 0.4) is 0 Å². The van der Waals surface area contributed by atoms with Gasteiger partial charge in [0.05, 0.1) is 41.7 Å². The van der Waals surface area contributed by atoms with Crippen LogP contribution in [0.25, 0.3) is 22.0 Å². The van der Waals surface area contributed by atoms with Crippen LogP contribution in [-0.2, 0) is 4.79 Å². The van der Waals surface area contributed by atoms with E-state index in [1.54, 1.807) is 19.5 Å². The quantitative estimate of drug-likeness (QED) is 0.518. The lowest BCUT2D eigenvalue weighted by Gasteiger charge is -2.19. The first kappa shape index (κ1) is 19.2. The summed E-state index contributed by atoms with van der Waals surface area (Å²) in [5.41, 5.74) is 5.87. The second-order valence-corrected chi connectivity index (χ2v) is 7.86. The molecule has 7 nitrogen and oxygen atoms in total. The van der Waals surface area contributed by atoms with Gasteiger partial charge >= 0.3 is 0 Å². The number of carbonyl (C=O) groups excluding carboxylic acids is 1. The van der Waals surface area contributed by atoms with Gasteiger partial charge in [-0.2, -0.15) is 0 Å². The van der Waals surface area contributed by atoms with E-state index in [4.69, 9.17) is 9.26 Å². The van der Waals surface area contributed by atoms with Crippen LogP contribution in [0.4, 0.5) is 5.69 Å². The van der Waals surface area contributed by atoms with Crippen LogP contribution in [0.2, 0.25) is 0 Å². The zero-order valence-corrected chi connectivity index (χ0v) is 17.8. The molecule has 0 spiro atoms. The molecular formula is C24H22N4O3. The Morgan fingerprint density at radius 2 is 2.03 bits per heavy atom. The molecule has 4 aromatic rings. The Kier molecular flexibility index (Phi) is 4.46. The molecule has 1 unspecified atom stereocenters. The lowest BCUT2D eigenvalue weighted by Crippen LogP contribution is -2.18. The maximum absolute atomic E-state index is 13.0. The average molecular weight is 414 g/mol. The Morgan fingerprint density at radius 3 is 2.71 bits per heavy atom. The number of fused-ring (bicyclic) bond motifs is 3. The van der Waals surface area contributed by atoms with E-state index in [9.17, 15) is 4.79 Å². The summed E-state index contributed by atoms with van der Waals surface area (Å²) in [4.78, 5) is 22.1. The van der Waals surface area contributed by atoms with Gasteiger partial charge in [-0.05, 0) is 43.7 Å². The topological polar surface area (TPSA) is 90.1 Å². The molecule has 5 rings (SSSR count). The minimum atomic E-state index is -0.370. The Labute approximate surface area is 179 Å². The number of amides is 1. The highest BCUT2D eigenvalue weighted by Gasteiger charge is 2.38. The number of aryl methyl sites for hydroxylation is 2. The second kappa shape index (κ2) is 7.19. The summed E-state index contributed by atoms with van der Waals surface area (Å²) in [6.45, 7) is 5.81. The van der Waals surface area contributed by atoms with Crippen LogP contribution in [-0.4, -0.2) is 28.1 Å². The van der Waals surface area contributed by atoms with Gasteiger partial charge in [-0.1, -0.05) is 18.1 Å². The van der Waals surface area contributed by atoms with Gasteiger partial charge in [0.2, 0.25) is 5.91 Å². The molecule has 0 saturated heterocycles. The van der Waals surface area contributed by atoms with Gasteiger partial charge < -0.3 is 14.6 Å². The molecule has 1 aliphatic heterocycles. The van der Waals surface area contributed by atoms with E-state index < -0.39 is 0 Å². The van der Waals surface area contributed by atoms with Gasteiger partial charge in [0.25, 0.3) is 0 Å². The summed E-state index contributed by atoms with van der Waals surface area (Å²) >= 11 is 0. The number of benzene rings is 1. The third-order valence-electron chi connectivity index (χ3n) is 6.04. The lowest BCUT2D eigenvalue weighted by molar-refractivity contribution is -0.117. The van der Waals surface area contributed by atoms with E-state index >= 15 is 0 Å². The third kappa shape index (κ3) is 2.96. The largest absolute Gasteiger partial charge is 0.496 e. The minimum absolute atomic E-state index is 0.0452. The molecule has 1 N–H and O–H groups in total. The molecule has 2 atom stereocenters.